The summed E-state index contributed by atoms with van der Waals surface area (Å²) in [5.74, 6) is -1.52. The van der Waals surface area contributed by atoms with Gasteiger partial charge in [-0.2, -0.15) is 0 Å². The van der Waals surface area contributed by atoms with Gasteiger partial charge in [-0.1, -0.05) is 13.0 Å². The van der Waals surface area contributed by atoms with E-state index < -0.39 is 11.8 Å². The lowest BCUT2D eigenvalue weighted by molar-refractivity contribution is -0.131. The Morgan fingerprint density at radius 3 is 2.85 bits per heavy atom. The zero-order chi connectivity index (χ0) is 15.0. The molecule has 0 aliphatic carbocycles. The summed E-state index contributed by atoms with van der Waals surface area (Å²) < 4.78 is 18.6. The molecular weight excluding hydrogens is 261 g/mol. The van der Waals surface area contributed by atoms with Crippen molar-refractivity contribution in [2.75, 3.05) is 26.8 Å². The van der Waals surface area contributed by atoms with Gasteiger partial charge in [-0.15, -0.1) is 0 Å². The molecule has 0 unspecified atom stereocenters. The third-order valence-corrected chi connectivity index (χ3v) is 2.93. The fraction of sp³-hybridized carbons (Fsp3) is 0.400. The minimum atomic E-state index is -1.09. The second-order valence-electron chi connectivity index (χ2n) is 4.39. The van der Waals surface area contributed by atoms with E-state index in [2.05, 4.69) is 4.90 Å². The molecule has 1 N–H and O–H groups in total. The second kappa shape index (κ2) is 8.45. The number of carboxylic acids is 1. The summed E-state index contributed by atoms with van der Waals surface area (Å²) in [6.45, 7) is 5.02. The number of halogens is 1. The van der Waals surface area contributed by atoms with E-state index >= 15 is 0 Å². The lowest BCUT2D eigenvalue weighted by atomic mass is 10.1. The van der Waals surface area contributed by atoms with Crippen molar-refractivity contribution >= 4 is 12.0 Å². The number of carboxylic acid groups (broad SMARTS) is 1. The largest absolute Gasteiger partial charge is 0.478 e. The monoisotopic (exact) mass is 281 g/mol. The molecule has 1 aromatic rings. The molecule has 1 aromatic carbocycles. The Labute approximate surface area is 118 Å². The maximum atomic E-state index is 13.6. The van der Waals surface area contributed by atoms with Crippen LogP contribution in [-0.2, 0) is 16.1 Å². The first kappa shape index (κ1) is 16.3. The number of aliphatic carboxylic acids is 1. The molecule has 110 valence electrons. The number of likely N-dealkylation sites (N-methyl/N-ethyl adjacent to an activating group) is 1. The Morgan fingerprint density at radius 1 is 1.50 bits per heavy atom. The SMILES string of the molecule is CCN(CCOC)Cc1ccc(F)c(C=CC(=O)O)c1. The van der Waals surface area contributed by atoms with E-state index in [4.69, 9.17) is 9.84 Å². The van der Waals surface area contributed by atoms with E-state index in [-0.39, 0.29) is 5.56 Å². The van der Waals surface area contributed by atoms with Gasteiger partial charge in [0.15, 0.2) is 0 Å². The lowest BCUT2D eigenvalue weighted by Crippen LogP contribution is -2.26. The van der Waals surface area contributed by atoms with E-state index in [0.29, 0.717) is 13.2 Å². The van der Waals surface area contributed by atoms with Crippen molar-refractivity contribution < 1.29 is 19.0 Å². The first-order chi connectivity index (χ1) is 9.56. The van der Waals surface area contributed by atoms with Crippen molar-refractivity contribution in [3.8, 4) is 0 Å². The van der Waals surface area contributed by atoms with Crippen LogP contribution in [0.3, 0.4) is 0 Å². The predicted octanol–water partition coefficient (Wildman–Crippen LogP) is 2.39. The number of carbonyl (C=O) groups is 1. The number of benzene rings is 1. The van der Waals surface area contributed by atoms with Gasteiger partial charge in [0.25, 0.3) is 0 Å². The number of methoxy groups -OCH3 is 1. The highest BCUT2D eigenvalue weighted by Gasteiger charge is 2.06. The van der Waals surface area contributed by atoms with Gasteiger partial charge in [-0.25, -0.2) is 9.18 Å². The molecule has 0 aromatic heterocycles. The van der Waals surface area contributed by atoms with Crippen LogP contribution in [0.4, 0.5) is 4.39 Å². The average molecular weight is 281 g/mol. The van der Waals surface area contributed by atoms with E-state index in [9.17, 15) is 9.18 Å². The minimum Gasteiger partial charge on any atom is -0.478 e. The highest BCUT2D eigenvalue weighted by molar-refractivity contribution is 5.85. The maximum Gasteiger partial charge on any atom is 0.328 e. The molecular formula is C15H20FNO3. The van der Waals surface area contributed by atoms with E-state index in [1.165, 1.54) is 12.1 Å². The van der Waals surface area contributed by atoms with Crippen molar-refractivity contribution in [2.45, 2.75) is 13.5 Å². The van der Waals surface area contributed by atoms with Gasteiger partial charge in [0.1, 0.15) is 5.82 Å². The first-order valence-corrected chi connectivity index (χ1v) is 6.47. The third kappa shape index (κ3) is 5.50. The molecule has 0 saturated carbocycles. The third-order valence-electron chi connectivity index (χ3n) is 2.93. The molecule has 20 heavy (non-hydrogen) atoms. The minimum absolute atomic E-state index is 0.285. The van der Waals surface area contributed by atoms with Crippen LogP contribution in [0.5, 0.6) is 0 Å². The molecule has 4 nitrogen and oxygen atoms in total. The Balaban J connectivity index is 2.80. The van der Waals surface area contributed by atoms with Gasteiger partial charge >= 0.3 is 5.97 Å². The summed E-state index contributed by atoms with van der Waals surface area (Å²) in [6, 6.07) is 4.74. The average Bonchev–Trinajstić information content (AvgIpc) is 2.43. The molecule has 1 rings (SSSR count). The van der Waals surface area contributed by atoms with Crippen LogP contribution in [0.15, 0.2) is 24.3 Å². The van der Waals surface area contributed by atoms with Crippen LogP contribution in [0.2, 0.25) is 0 Å². The molecule has 5 heteroatoms. The number of hydrogen-bond donors (Lipinski definition) is 1. The van der Waals surface area contributed by atoms with Gasteiger partial charge in [-0.05, 0) is 30.3 Å². The summed E-state index contributed by atoms with van der Waals surface area (Å²) in [6.07, 6.45) is 2.21. The van der Waals surface area contributed by atoms with E-state index in [1.807, 2.05) is 6.92 Å². The summed E-state index contributed by atoms with van der Waals surface area (Å²) in [5, 5.41) is 8.58. The Hall–Kier alpha value is -1.72. The van der Waals surface area contributed by atoms with Crippen LogP contribution in [0, 0.1) is 5.82 Å². The Kier molecular flexibility index (Phi) is 6.90. The topological polar surface area (TPSA) is 49.8 Å². The van der Waals surface area contributed by atoms with Crippen molar-refractivity contribution in [1.29, 1.82) is 0 Å². The zero-order valence-electron chi connectivity index (χ0n) is 11.8. The Bertz CT molecular complexity index is 474. The summed E-state index contributed by atoms with van der Waals surface area (Å²) in [4.78, 5) is 12.6. The molecule has 0 atom stereocenters. The van der Waals surface area contributed by atoms with Gasteiger partial charge in [-0.3, -0.25) is 4.90 Å². The van der Waals surface area contributed by atoms with Crippen molar-refractivity contribution in [3.63, 3.8) is 0 Å². The van der Waals surface area contributed by atoms with E-state index in [1.54, 1.807) is 19.2 Å². The molecule has 0 aliphatic heterocycles. The molecule has 0 heterocycles. The van der Waals surface area contributed by atoms with Crippen molar-refractivity contribution in [2.24, 2.45) is 0 Å². The van der Waals surface area contributed by atoms with Crippen LogP contribution in [-0.4, -0.2) is 42.8 Å². The molecule has 0 bridgehead atoms. The predicted molar refractivity (Wildman–Crippen MR) is 75.9 cm³/mol. The van der Waals surface area contributed by atoms with Crippen LogP contribution in [0.1, 0.15) is 18.1 Å². The zero-order valence-corrected chi connectivity index (χ0v) is 11.8. The molecule has 0 aliphatic rings. The summed E-state index contributed by atoms with van der Waals surface area (Å²) >= 11 is 0. The lowest BCUT2D eigenvalue weighted by Gasteiger charge is -2.20. The maximum absolute atomic E-state index is 13.6. The second-order valence-corrected chi connectivity index (χ2v) is 4.39. The van der Waals surface area contributed by atoms with Gasteiger partial charge in [0.05, 0.1) is 6.61 Å². The fourth-order valence-electron chi connectivity index (χ4n) is 1.81. The number of nitrogens with zero attached hydrogens (tertiary/aromatic N) is 1. The van der Waals surface area contributed by atoms with Gasteiger partial charge in [0, 0.05) is 31.8 Å². The number of ether oxygens (including phenoxy) is 1. The molecule has 0 fully saturated rings. The number of rotatable bonds is 8. The quantitative estimate of drug-likeness (QED) is 0.743. The van der Waals surface area contributed by atoms with Crippen molar-refractivity contribution in [1.82, 2.24) is 4.90 Å². The van der Waals surface area contributed by atoms with Crippen LogP contribution >= 0.6 is 0 Å². The normalized spacial score (nSPS) is 11.4. The molecule has 0 spiro atoms. The Morgan fingerprint density at radius 2 is 2.25 bits per heavy atom. The molecule has 0 amide bonds. The fourth-order valence-corrected chi connectivity index (χ4v) is 1.81. The van der Waals surface area contributed by atoms with Gasteiger partial charge < -0.3 is 9.84 Å². The summed E-state index contributed by atoms with van der Waals surface area (Å²) in [5.41, 5.74) is 1.22. The standard InChI is InChI=1S/C15H20FNO3/c1-3-17(8-9-20-2)11-12-4-6-14(16)13(10-12)5-7-15(18)19/h4-7,10H,3,8-9,11H2,1-2H3,(H,18,19). The summed E-state index contributed by atoms with van der Waals surface area (Å²) in [7, 11) is 1.65. The van der Waals surface area contributed by atoms with Crippen molar-refractivity contribution in [3.05, 3.63) is 41.2 Å². The molecule has 0 radical (unpaired) electrons. The smallest absolute Gasteiger partial charge is 0.328 e. The first-order valence-electron chi connectivity index (χ1n) is 6.47. The highest BCUT2D eigenvalue weighted by Crippen LogP contribution is 2.14. The molecule has 0 saturated heterocycles. The number of hydrogen-bond acceptors (Lipinski definition) is 3. The van der Waals surface area contributed by atoms with E-state index in [0.717, 1.165) is 24.7 Å². The van der Waals surface area contributed by atoms with Gasteiger partial charge in [0.2, 0.25) is 0 Å². The highest BCUT2D eigenvalue weighted by atomic mass is 19.1. The van der Waals surface area contributed by atoms with Crippen LogP contribution in [0.25, 0.3) is 6.08 Å². The van der Waals surface area contributed by atoms with Crippen LogP contribution < -0.4 is 0 Å².